The summed E-state index contributed by atoms with van der Waals surface area (Å²) in [5.41, 5.74) is 6.06. The number of nitrogens with one attached hydrogen (secondary N) is 2. The summed E-state index contributed by atoms with van der Waals surface area (Å²) in [6, 6.07) is 7.47. The number of imide groups is 1. The van der Waals surface area contributed by atoms with E-state index in [2.05, 4.69) is 19.2 Å². The summed E-state index contributed by atoms with van der Waals surface area (Å²) in [6.45, 7) is 5.09. The Labute approximate surface area is 117 Å². The number of hydrogen-bond acceptors (Lipinski definition) is 4. The van der Waals surface area contributed by atoms with Gasteiger partial charge in [0.15, 0.2) is 0 Å². The van der Waals surface area contributed by atoms with Crippen molar-refractivity contribution in [2.75, 3.05) is 12.3 Å². The lowest BCUT2D eigenvalue weighted by atomic mass is 10.1. The molecule has 0 saturated carbocycles. The molecule has 0 radical (unpaired) electrons. The second kappa shape index (κ2) is 7.81. The molecule has 1 rings (SSSR count). The first-order valence-electron chi connectivity index (χ1n) is 6.08. The number of benzene rings is 1. The maximum absolute atomic E-state index is 11.2. The minimum atomic E-state index is -0.819. The largest absolute Gasteiger partial charge is 0.351 e. The van der Waals surface area contributed by atoms with Gasteiger partial charge in [0.05, 0.1) is 5.75 Å². The van der Waals surface area contributed by atoms with Crippen LogP contribution in [0.4, 0.5) is 4.79 Å². The smallest absolute Gasteiger partial charge is 0.318 e. The van der Waals surface area contributed by atoms with Crippen LogP contribution >= 0.6 is 11.8 Å². The summed E-state index contributed by atoms with van der Waals surface area (Å²) in [6.07, 6.45) is 0. The lowest BCUT2D eigenvalue weighted by Gasteiger charge is -2.12. The number of hydrogen-bond donors (Lipinski definition) is 3. The number of carbonyl (C=O) groups excluding carboxylic acids is 2. The predicted molar refractivity (Wildman–Crippen MR) is 77.0 cm³/mol. The van der Waals surface area contributed by atoms with Gasteiger partial charge in [0, 0.05) is 10.9 Å². The van der Waals surface area contributed by atoms with E-state index in [1.807, 2.05) is 29.6 Å². The summed E-state index contributed by atoms with van der Waals surface area (Å²) in [7, 11) is 0. The van der Waals surface area contributed by atoms with Crippen molar-refractivity contribution in [3.8, 4) is 0 Å². The van der Waals surface area contributed by atoms with Gasteiger partial charge in [0.1, 0.15) is 0 Å². The van der Waals surface area contributed by atoms with E-state index in [0.29, 0.717) is 6.04 Å². The topological polar surface area (TPSA) is 84.2 Å². The molecule has 0 heterocycles. The van der Waals surface area contributed by atoms with E-state index in [-0.39, 0.29) is 11.7 Å². The predicted octanol–water partition coefficient (Wildman–Crippen LogP) is 1.64. The summed E-state index contributed by atoms with van der Waals surface area (Å²) in [4.78, 5) is 22.7. The van der Waals surface area contributed by atoms with E-state index in [1.54, 1.807) is 0 Å². The highest BCUT2D eigenvalue weighted by atomic mass is 32.2. The number of thioether (sulfide) groups is 1. The second-order valence-corrected chi connectivity index (χ2v) is 5.10. The van der Waals surface area contributed by atoms with E-state index in [4.69, 9.17) is 5.73 Å². The average molecular weight is 281 g/mol. The van der Waals surface area contributed by atoms with E-state index in [0.717, 1.165) is 11.4 Å². The Hall–Kier alpha value is -1.53. The van der Waals surface area contributed by atoms with E-state index >= 15 is 0 Å². The summed E-state index contributed by atoms with van der Waals surface area (Å²) < 4.78 is 0. The van der Waals surface area contributed by atoms with Crippen LogP contribution in [0.1, 0.15) is 25.5 Å². The molecule has 1 atom stereocenters. The van der Waals surface area contributed by atoms with Crippen molar-refractivity contribution < 1.29 is 9.59 Å². The van der Waals surface area contributed by atoms with Gasteiger partial charge in [-0.05, 0) is 31.2 Å². The van der Waals surface area contributed by atoms with Gasteiger partial charge in [-0.15, -0.1) is 11.8 Å². The molecule has 3 amide bonds. The van der Waals surface area contributed by atoms with Crippen LogP contribution < -0.4 is 16.4 Å². The Balaban J connectivity index is 2.48. The number of urea groups is 1. The third-order valence-electron chi connectivity index (χ3n) is 2.52. The molecule has 6 heteroatoms. The van der Waals surface area contributed by atoms with Crippen LogP contribution in [0.3, 0.4) is 0 Å². The van der Waals surface area contributed by atoms with Crippen LogP contribution in [0, 0.1) is 0 Å². The summed E-state index contributed by atoms with van der Waals surface area (Å²) in [5, 5.41) is 5.36. The Morgan fingerprint density at radius 2 is 1.95 bits per heavy atom. The van der Waals surface area contributed by atoms with E-state index < -0.39 is 6.03 Å². The zero-order valence-electron chi connectivity index (χ0n) is 11.1. The Morgan fingerprint density at radius 3 is 2.47 bits per heavy atom. The molecule has 0 aliphatic rings. The van der Waals surface area contributed by atoms with Gasteiger partial charge >= 0.3 is 6.03 Å². The number of amides is 3. The monoisotopic (exact) mass is 281 g/mol. The third kappa shape index (κ3) is 5.76. The first-order chi connectivity index (χ1) is 9.02. The molecule has 0 fully saturated rings. The van der Waals surface area contributed by atoms with Crippen molar-refractivity contribution in [1.82, 2.24) is 10.6 Å². The molecule has 1 unspecified atom stereocenters. The minimum absolute atomic E-state index is 0.172. The number of rotatable bonds is 6. The Morgan fingerprint density at radius 1 is 1.32 bits per heavy atom. The van der Waals surface area contributed by atoms with Crippen molar-refractivity contribution in [1.29, 1.82) is 0 Å². The van der Waals surface area contributed by atoms with Gasteiger partial charge in [-0.2, -0.15) is 0 Å². The van der Waals surface area contributed by atoms with Gasteiger partial charge in [0.25, 0.3) is 0 Å². The lowest BCUT2D eigenvalue weighted by Crippen LogP contribution is -2.36. The fourth-order valence-corrected chi connectivity index (χ4v) is 2.30. The standard InChI is InChI=1S/C13H19N3O2S/c1-3-15-9(2)10-4-6-11(7-5-10)19-8-12(17)16-13(14)18/h4-7,9,15H,3,8H2,1-2H3,(H3,14,16,17,18). The van der Waals surface area contributed by atoms with Gasteiger partial charge in [-0.25, -0.2) is 4.79 Å². The van der Waals surface area contributed by atoms with Crippen molar-refractivity contribution >= 4 is 23.7 Å². The minimum Gasteiger partial charge on any atom is -0.351 e. The highest BCUT2D eigenvalue weighted by Gasteiger charge is 2.06. The maximum atomic E-state index is 11.2. The van der Waals surface area contributed by atoms with Crippen LogP contribution in [0.25, 0.3) is 0 Å². The lowest BCUT2D eigenvalue weighted by molar-refractivity contribution is -0.117. The van der Waals surface area contributed by atoms with Gasteiger partial charge in [-0.1, -0.05) is 19.1 Å². The first-order valence-corrected chi connectivity index (χ1v) is 7.07. The average Bonchev–Trinajstić information content (AvgIpc) is 2.36. The van der Waals surface area contributed by atoms with Gasteiger partial charge in [0.2, 0.25) is 5.91 Å². The molecule has 0 aliphatic heterocycles. The maximum Gasteiger partial charge on any atom is 0.318 e. The summed E-state index contributed by atoms with van der Waals surface area (Å²) >= 11 is 1.36. The van der Waals surface area contributed by atoms with Crippen molar-refractivity contribution in [2.24, 2.45) is 5.73 Å². The number of carbonyl (C=O) groups is 2. The molecular weight excluding hydrogens is 262 g/mol. The second-order valence-electron chi connectivity index (χ2n) is 4.05. The van der Waals surface area contributed by atoms with E-state index in [1.165, 1.54) is 17.3 Å². The van der Waals surface area contributed by atoms with Crippen molar-refractivity contribution in [2.45, 2.75) is 24.8 Å². The fourth-order valence-electron chi connectivity index (χ4n) is 1.60. The Bertz CT molecular complexity index is 434. The van der Waals surface area contributed by atoms with Crippen molar-refractivity contribution in [3.05, 3.63) is 29.8 Å². The highest BCUT2D eigenvalue weighted by molar-refractivity contribution is 8.00. The summed E-state index contributed by atoms with van der Waals surface area (Å²) in [5.74, 6) is -0.215. The van der Waals surface area contributed by atoms with Crippen LogP contribution in [0.15, 0.2) is 29.2 Å². The Kier molecular flexibility index (Phi) is 6.38. The quantitative estimate of drug-likeness (QED) is 0.692. The zero-order valence-corrected chi connectivity index (χ0v) is 11.9. The molecule has 1 aromatic carbocycles. The highest BCUT2D eigenvalue weighted by Crippen LogP contribution is 2.20. The van der Waals surface area contributed by atoms with Gasteiger partial charge in [-0.3, -0.25) is 10.1 Å². The molecule has 0 spiro atoms. The normalized spacial score (nSPS) is 11.9. The van der Waals surface area contributed by atoms with E-state index in [9.17, 15) is 9.59 Å². The molecule has 1 aromatic rings. The van der Waals surface area contributed by atoms with Crippen LogP contribution in [0.2, 0.25) is 0 Å². The van der Waals surface area contributed by atoms with Crippen LogP contribution in [-0.4, -0.2) is 24.2 Å². The molecule has 19 heavy (non-hydrogen) atoms. The molecule has 0 aliphatic carbocycles. The van der Waals surface area contributed by atoms with Crippen LogP contribution in [0.5, 0.6) is 0 Å². The molecule has 104 valence electrons. The van der Waals surface area contributed by atoms with Crippen LogP contribution in [-0.2, 0) is 4.79 Å². The molecular formula is C13H19N3O2S. The molecule has 5 nitrogen and oxygen atoms in total. The molecule has 0 aromatic heterocycles. The van der Waals surface area contributed by atoms with Crippen molar-refractivity contribution in [3.63, 3.8) is 0 Å². The molecule has 0 bridgehead atoms. The van der Waals surface area contributed by atoms with Gasteiger partial charge < -0.3 is 11.1 Å². The first kappa shape index (κ1) is 15.5. The third-order valence-corrected chi connectivity index (χ3v) is 3.53. The number of nitrogens with two attached hydrogens (primary N) is 1. The fraction of sp³-hybridized carbons (Fsp3) is 0.385. The molecule has 0 saturated heterocycles. The number of primary amides is 1. The molecule has 4 N–H and O–H groups in total. The SMILES string of the molecule is CCNC(C)c1ccc(SCC(=O)NC(N)=O)cc1. The zero-order chi connectivity index (χ0) is 14.3.